The summed E-state index contributed by atoms with van der Waals surface area (Å²) >= 11 is 1.61. The average Bonchev–Trinajstić information content (AvgIpc) is 2.84. The van der Waals surface area contributed by atoms with Gasteiger partial charge in [0, 0.05) is 21.5 Å². The molecule has 0 aliphatic rings. The van der Waals surface area contributed by atoms with Crippen LogP contribution in [0.15, 0.2) is 42.6 Å². The Balaban J connectivity index is 2.04. The summed E-state index contributed by atoms with van der Waals surface area (Å²) in [6.45, 7) is 1.97. The van der Waals surface area contributed by atoms with Gasteiger partial charge in [-0.1, -0.05) is 12.1 Å². The van der Waals surface area contributed by atoms with E-state index in [1.54, 1.807) is 17.4 Å². The van der Waals surface area contributed by atoms with E-state index >= 15 is 0 Å². The smallest absolute Gasteiger partial charge is 0.124 e. The molecular weight excluding hydrogens is 271 g/mol. The van der Waals surface area contributed by atoms with Crippen LogP contribution in [-0.4, -0.2) is 12.0 Å². The number of hydrogen-bond acceptors (Lipinski definition) is 3. The van der Waals surface area contributed by atoms with Crippen LogP contribution in [0, 0.1) is 12.7 Å². The molecule has 2 aromatic heterocycles. The van der Waals surface area contributed by atoms with E-state index in [1.165, 1.54) is 10.9 Å². The summed E-state index contributed by atoms with van der Waals surface area (Å²) < 4.78 is 14.2. The van der Waals surface area contributed by atoms with Crippen molar-refractivity contribution in [2.24, 2.45) is 0 Å². The lowest BCUT2D eigenvalue weighted by Gasteiger charge is -2.14. The van der Waals surface area contributed by atoms with Crippen molar-refractivity contribution in [1.29, 1.82) is 0 Å². The van der Waals surface area contributed by atoms with E-state index in [-0.39, 0.29) is 11.9 Å². The molecule has 0 fully saturated rings. The zero-order valence-corrected chi connectivity index (χ0v) is 12.2. The fraction of sp³-hybridized carbons (Fsp3) is 0.188. The third kappa shape index (κ3) is 2.44. The van der Waals surface area contributed by atoms with Gasteiger partial charge in [0.2, 0.25) is 0 Å². The first kappa shape index (κ1) is 13.2. The lowest BCUT2D eigenvalue weighted by Crippen LogP contribution is -2.16. The third-order valence-electron chi connectivity index (χ3n) is 3.34. The molecule has 3 aromatic rings. The van der Waals surface area contributed by atoms with Gasteiger partial charge in [0.15, 0.2) is 0 Å². The summed E-state index contributed by atoms with van der Waals surface area (Å²) in [7, 11) is 1.93. The fourth-order valence-corrected chi connectivity index (χ4v) is 3.52. The lowest BCUT2D eigenvalue weighted by molar-refractivity contribution is 0.630. The van der Waals surface area contributed by atoms with Gasteiger partial charge in [-0.15, -0.1) is 11.3 Å². The van der Waals surface area contributed by atoms with Gasteiger partial charge < -0.3 is 5.32 Å². The van der Waals surface area contributed by atoms with E-state index in [2.05, 4.69) is 22.4 Å². The minimum atomic E-state index is -0.191. The molecule has 1 aromatic carbocycles. The number of rotatable bonds is 3. The van der Waals surface area contributed by atoms with Crippen molar-refractivity contribution < 1.29 is 4.39 Å². The third-order valence-corrected chi connectivity index (χ3v) is 4.50. The second-order valence-corrected chi connectivity index (χ2v) is 5.90. The minimum Gasteiger partial charge on any atom is -0.309 e. The number of hydrogen-bond donors (Lipinski definition) is 1. The molecule has 0 bridgehead atoms. The Morgan fingerprint density at radius 2 is 2.05 bits per heavy atom. The van der Waals surface area contributed by atoms with Crippen molar-refractivity contribution in [3.8, 4) is 0 Å². The van der Waals surface area contributed by atoms with Gasteiger partial charge in [-0.3, -0.25) is 4.98 Å². The van der Waals surface area contributed by atoms with Crippen molar-refractivity contribution >= 4 is 21.4 Å². The van der Waals surface area contributed by atoms with Crippen molar-refractivity contribution in [3.63, 3.8) is 0 Å². The van der Waals surface area contributed by atoms with Gasteiger partial charge in [-0.2, -0.15) is 0 Å². The Hall–Kier alpha value is -1.78. The van der Waals surface area contributed by atoms with Gasteiger partial charge >= 0.3 is 0 Å². The quantitative estimate of drug-likeness (QED) is 0.785. The molecule has 1 unspecified atom stereocenters. The van der Waals surface area contributed by atoms with Crippen LogP contribution in [-0.2, 0) is 0 Å². The van der Waals surface area contributed by atoms with E-state index in [0.717, 1.165) is 21.3 Å². The van der Waals surface area contributed by atoms with Crippen LogP contribution in [0.2, 0.25) is 0 Å². The van der Waals surface area contributed by atoms with Crippen molar-refractivity contribution in [2.45, 2.75) is 13.0 Å². The number of benzene rings is 1. The highest BCUT2D eigenvalue weighted by molar-refractivity contribution is 7.19. The normalized spacial score (nSPS) is 12.8. The van der Waals surface area contributed by atoms with Gasteiger partial charge in [0.25, 0.3) is 0 Å². The highest BCUT2D eigenvalue weighted by Crippen LogP contribution is 2.33. The minimum absolute atomic E-state index is 0.0866. The van der Waals surface area contributed by atoms with E-state index < -0.39 is 0 Å². The Labute approximate surface area is 121 Å². The average molecular weight is 286 g/mol. The van der Waals surface area contributed by atoms with E-state index in [1.807, 2.05) is 32.3 Å². The molecule has 0 amide bonds. The number of nitrogens with zero attached hydrogens (tertiary/aromatic N) is 1. The van der Waals surface area contributed by atoms with Crippen LogP contribution in [0.1, 0.15) is 22.2 Å². The number of nitrogens with one attached hydrogen (secondary N) is 1. The summed E-state index contributed by atoms with van der Waals surface area (Å²) in [6.07, 6.45) is 1.89. The molecule has 0 saturated carbocycles. The summed E-state index contributed by atoms with van der Waals surface area (Å²) in [5.41, 5.74) is 2.12. The predicted molar refractivity (Wildman–Crippen MR) is 81.7 cm³/mol. The van der Waals surface area contributed by atoms with E-state index in [9.17, 15) is 4.39 Å². The number of thiophene rings is 1. The van der Waals surface area contributed by atoms with Gasteiger partial charge in [-0.05, 0) is 49.2 Å². The zero-order chi connectivity index (χ0) is 14.1. The van der Waals surface area contributed by atoms with Crippen LogP contribution in [0.25, 0.3) is 10.1 Å². The van der Waals surface area contributed by atoms with Crippen LogP contribution >= 0.6 is 11.3 Å². The first-order chi connectivity index (χ1) is 9.67. The molecule has 1 N–H and O–H groups in total. The number of fused-ring (bicyclic) bond motifs is 1. The molecule has 3 rings (SSSR count). The first-order valence-corrected chi connectivity index (χ1v) is 7.28. The van der Waals surface area contributed by atoms with Crippen molar-refractivity contribution in [1.82, 2.24) is 10.3 Å². The van der Waals surface area contributed by atoms with E-state index in [0.29, 0.717) is 0 Å². The molecule has 102 valence electrons. The summed E-state index contributed by atoms with van der Waals surface area (Å²) in [6, 6.07) is 11.2. The van der Waals surface area contributed by atoms with Crippen LogP contribution < -0.4 is 5.32 Å². The molecule has 4 heteroatoms. The number of halogens is 1. The highest BCUT2D eigenvalue weighted by Gasteiger charge is 2.15. The summed E-state index contributed by atoms with van der Waals surface area (Å²) in [5.74, 6) is -0.191. The molecule has 0 spiro atoms. The molecule has 2 nitrogen and oxygen atoms in total. The molecule has 2 heterocycles. The van der Waals surface area contributed by atoms with Gasteiger partial charge in [0.05, 0.1) is 6.04 Å². The Kier molecular flexibility index (Phi) is 3.51. The summed E-state index contributed by atoms with van der Waals surface area (Å²) in [4.78, 5) is 5.51. The highest BCUT2D eigenvalue weighted by atomic mass is 32.1. The maximum atomic E-state index is 13.3. The van der Waals surface area contributed by atoms with Crippen molar-refractivity contribution in [3.05, 3.63) is 64.5 Å². The second-order valence-electron chi connectivity index (χ2n) is 4.79. The molecule has 0 aliphatic heterocycles. The molecule has 0 radical (unpaired) electrons. The zero-order valence-electron chi connectivity index (χ0n) is 11.4. The Bertz CT molecular complexity index is 734. The Morgan fingerprint density at radius 1 is 1.20 bits per heavy atom. The molecule has 1 atom stereocenters. The Morgan fingerprint density at radius 3 is 2.75 bits per heavy atom. The number of aromatic nitrogens is 1. The molecule has 20 heavy (non-hydrogen) atoms. The van der Waals surface area contributed by atoms with Crippen LogP contribution in [0.5, 0.6) is 0 Å². The second kappa shape index (κ2) is 5.31. The monoisotopic (exact) mass is 286 g/mol. The van der Waals surface area contributed by atoms with Gasteiger partial charge in [0.1, 0.15) is 5.82 Å². The first-order valence-electron chi connectivity index (χ1n) is 6.46. The van der Waals surface area contributed by atoms with Crippen molar-refractivity contribution in [2.75, 3.05) is 7.05 Å². The topological polar surface area (TPSA) is 24.9 Å². The fourth-order valence-electron chi connectivity index (χ4n) is 2.29. The lowest BCUT2D eigenvalue weighted by atomic mass is 10.1. The summed E-state index contributed by atoms with van der Waals surface area (Å²) in [5, 5.41) is 4.38. The maximum absolute atomic E-state index is 13.3. The number of aryl methyl sites for hydroxylation is 1. The van der Waals surface area contributed by atoms with Crippen LogP contribution in [0.4, 0.5) is 4.39 Å². The molecule has 0 saturated heterocycles. The predicted octanol–water partition coefficient (Wildman–Crippen LogP) is 4.05. The molecular formula is C16H15FN2S. The van der Waals surface area contributed by atoms with Crippen LogP contribution in [0.3, 0.4) is 0 Å². The maximum Gasteiger partial charge on any atom is 0.124 e. The van der Waals surface area contributed by atoms with Gasteiger partial charge in [-0.25, -0.2) is 4.39 Å². The number of pyridine rings is 1. The van der Waals surface area contributed by atoms with E-state index in [4.69, 9.17) is 0 Å². The SMILES string of the molecule is CNC(c1ccc(C)nc1)c1cc2ccc(F)cc2s1. The largest absolute Gasteiger partial charge is 0.309 e. The molecule has 0 aliphatic carbocycles. The standard InChI is InChI=1S/C16H15FN2S/c1-10-3-4-12(9-19-10)16(18-2)15-7-11-5-6-13(17)8-14(11)20-15/h3-9,16,18H,1-2H3.